The van der Waals surface area contributed by atoms with Gasteiger partial charge in [0, 0.05) is 48.4 Å². The van der Waals surface area contributed by atoms with Crippen LogP contribution >= 0.6 is 39.1 Å². The lowest BCUT2D eigenvalue weighted by Crippen LogP contribution is -2.59. The Morgan fingerprint density at radius 3 is 2.54 bits per heavy atom. The van der Waals surface area contributed by atoms with Crippen LogP contribution in [0.3, 0.4) is 0 Å². The SMILES string of the molecule is CC1CN(C(=O)OC(C)(C)C)[C@@H](C)CN1CCCN(C(=O)Nc1cc(Cl)nc(Cl)c1)C1COc2ccc(Br)cc2C1. The van der Waals surface area contributed by atoms with Crippen molar-refractivity contribution in [3.8, 4) is 5.75 Å². The second kappa shape index (κ2) is 13.4. The van der Waals surface area contributed by atoms with E-state index < -0.39 is 5.60 Å². The summed E-state index contributed by atoms with van der Waals surface area (Å²) in [4.78, 5) is 36.3. The number of aromatic nitrogens is 1. The van der Waals surface area contributed by atoms with Crippen LogP contribution in [0.15, 0.2) is 34.8 Å². The summed E-state index contributed by atoms with van der Waals surface area (Å²) < 4.78 is 12.6. The molecule has 224 valence electrons. The molecule has 0 aliphatic carbocycles. The summed E-state index contributed by atoms with van der Waals surface area (Å²) in [6.45, 7) is 12.8. The Morgan fingerprint density at radius 1 is 1.15 bits per heavy atom. The number of halogens is 3. The van der Waals surface area contributed by atoms with E-state index >= 15 is 0 Å². The van der Waals surface area contributed by atoms with E-state index in [-0.39, 0.29) is 40.6 Å². The first kappa shape index (κ1) is 31.7. The van der Waals surface area contributed by atoms with E-state index in [0.29, 0.717) is 31.8 Å². The second-order valence-corrected chi connectivity index (χ2v) is 13.4. The molecule has 3 amide bonds. The summed E-state index contributed by atoms with van der Waals surface area (Å²) >= 11 is 15.7. The first-order valence-electron chi connectivity index (χ1n) is 13.8. The van der Waals surface area contributed by atoms with Crippen molar-refractivity contribution >= 4 is 56.9 Å². The van der Waals surface area contributed by atoms with Gasteiger partial charge in [0.2, 0.25) is 0 Å². The summed E-state index contributed by atoms with van der Waals surface area (Å²) in [5.41, 5.74) is 0.989. The molecular weight excluding hydrogens is 633 g/mol. The van der Waals surface area contributed by atoms with Crippen molar-refractivity contribution in [1.29, 1.82) is 0 Å². The van der Waals surface area contributed by atoms with Crippen LogP contribution in [0, 0.1) is 0 Å². The zero-order chi connectivity index (χ0) is 29.9. The fraction of sp³-hybridized carbons (Fsp3) is 0.552. The normalized spacial score (nSPS) is 21.1. The number of ether oxygens (including phenoxy) is 2. The molecule has 2 aliphatic heterocycles. The molecule has 41 heavy (non-hydrogen) atoms. The average molecular weight is 671 g/mol. The number of urea groups is 1. The number of hydrogen-bond donors (Lipinski definition) is 1. The lowest BCUT2D eigenvalue weighted by Gasteiger charge is -2.44. The zero-order valence-electron chi connectivity index (χ0n) is 24.1. The summed E-state index contributed by atoms with van der Waals surface area (Å²) in [6.07, 6.45) is 1.14. The number of pyridine rings is 1. The number of carbonyl (C=O) groups is 2. The van der Waals surface area contributed by atoms with Crippen LogP contribution in [0.4, 0.5) is 15.3 Å². The molecule has 0 bridgehead atoms. The monoisotopic (exact) mass is 669 g/mol. The minimum atomic E-state index is -0.534. The van der Waals surface area contributed by atoms with Crippen LogP contribution in [0.1, 0.15) is 46.6 Å². The van der Waals surface area contributed by atoms with E-state index in [9.17, 15) is 9.59 Å². The number of rotatable bonds is 6. The summed E-state index contributed by atoms with van der Waals surface area (Å²) in [7, 11) is 0. The van der Waals surface area contributed by atoms with Gasteiger partial charge in [0.15, 0.2) is 0 Å². The van der Waals surface area contributed by atoms with Crippen molar-refractivity contribution in [3.05, 3.63) is 50.7 Å². The number of carbonyl (C=O) groups excluding carboxylic acids is 2. The zero-order valence-corrected chi connectivity index (χ0v) is 27.2. The van der Waals surface area contributed by atoms with E-state index in [1.54, 1.807) is 12.1 Å². The fourth-order valence-electron chi connectivity index (χ4n) is 5.26. The number of amides is 3. The molecule has 0 radical (unpaired) electrons. The van der Waals surface area contributed by atoms with Gasteiger partial charge in [0.1, 0.15) is 28.3 Å². The van der Waals surface area contributed by atoms with Gasteiger partial charge in [-0.15, -0.1) is 0 Å². The van der Waals surface area contributed by atoms with Gasteiger partial charge < -0.3 is 24.6 Å². The Labute approximate surface area is 260 Å². The van der Waals surface area contributed by atoms with Gasteiger partial charge in [-0.3, -0.25) is 4.90 Å². The van der Waals surface area contributed by atoms with E-state index in [0.717, 1.165) is 35.3 Å². The van der Waals surface area contributed by atoms with Crippen LogP contribution in [0.5, 0.6) is 5.75 Å². The third kappa shape index (κ3) is 8.63. The van der Waals surface area contributed by atoms with Crippen molar-refractivity contribution in [3.63, 3.8) is 0 Å². The molecule has 2 aromatic rings. The Kier molecular flexibility index (Phi) is 10.3. The maximum atomic E-state index is 13.6. The van der Waals surface area contributed by atoms with Gasteiger partial charge >= 0.3 is 12.1 Å². The molecule has 1 fully saturated rings. The molecule has 0 saturated carbocycles. The van der Waals surface area contributed by atoms with Gasteiger partial charge in [-0.05, 0) is 83.4 Å². The lowest BCUT2D eigenvalue weighted by molar-refractivity contribution is -0.0107. The number of nitrogens with zero attached hydrogens (tertiary/aromatic N) is 4. The largest absolute Gasteiger partial charge is 0.491 e. The molecular formula is C29H38BrCl2N5O4. The number of fused-ring (bicyclic) bond motifs is 1. The predicted octanol–water partition coefficient (Wildman–Crippen LogP) is 6.71. The molecule has 1 N–H and O–H groups in total. The summed E-state index contributed by atoms with van der Waals surface area (Å²) in [5.74, 6) is 0.836. The van der Waals surface area contributed by atoms with Crippen molar-refractivity contribution in [2.75, 3.05) is 38.1 Å². The number of anilines is 1. The van der Waals surface area contributed by atoms with Crippen molar-refractivity contribution in [2.45, 2.75) is 71.2 Å². The quantitative estimate of drug-likeness (QED) is 0.344. The predicted molar refractivity (Wildman–Crippen MR) is 165 cm³/mol. The molecule has 3 atom stereocenters. The number of benzene rings is 1. The molecule has 0 spiro atoms. The van der Waals surface area contributed by atoms with Crippen LogP contribution < -0.4 is 10.1 Å². The maximum Gasteiger partial charge on any atom is 0.410 e. The first-order valence-corrected chi connectivity index (χ1v) is 15.4. The van der Waals surface area contributed by atoms with Crippen LogP contribution in [-0.4, -0.2) is 88.3 Å². The van der Waals surface area contributed by atoms with E-state index in [4.69, 9.17) is 32.7 Å². The third-order valence-corrected chi connectivity index (χ3v) is 8.09. The molecule has 4 rings (SSSR count). The molecule has 1 saturated heterocycles. The van der Waals surface area contributed by atoms with E-state index in [1.165, 1.54) is 0 Å². The Morgan fingerprint density at radius 2 is 1.85 bits per heavy atom. The fourth-order valence-corrected chi connectivity index (χ4v) is 6.13. The highest BCUT2D eigenvalue weighted by Crippen LogP contribution is 2.30. The number of piperazine rings is 1. The minimum absolute atomic E-state index is 0.0170. The van der Waals surface area contributed by atoms with Crippen molar-refractivity contribution in [1.82, 2.24) is 19.7 Å². The molecule has 2 unspecified atom stereocenters. The second-order valence-electron chi connectivity index (χ2n) is 11.7. The smallest absolute Gasteiger partial charge is 0.410 e. The highest BCUT2D eigenvalue weighted by Gasteiger charge is 2.35. The van der Waals surface area contributed by atoms with Crippen molar-refractivity contribution < 1.29 is 19.1 Å². The van der Waals surface area contributed by atoms with E-state index in [1.807, 2.05) is 55.7 Å². The third-order valence-electron chi connectivity index (χ3n) is 7.21. The van der Waals surface area contributed by atoms with Crippen LogP contribution in [0.25, 0.3) is 0 Å². The minimum Gasteiger partial charge on any atom is -0.491 e. The van der Waals surface area contributed by atoms with E-state index in [2.05, 4.69) is 38.1 Å². The Bertz CT molecular complexity index is 1240. The Hall–Kier alpha value is -2.27. The molecule has 12 heteroatoms. The Balaban J connectivity index is 1.43. The van der Waals surface area contributed by atoms with Gasteiger partial charge in [0.05, 0.1) is 6.04 Å². The van der Waals surface area contributed by atoms with Gasteiger partial charge in [-0.25, -0.2) is 14.6 Å². The molecule has 3 heterocycles. The van der Waals surface area contributed by atoms with Crippen LogP contribution in [0.2, 0.25) is 10.3 Å². The topological polar surface area (TPSA) is 87.2 Å². The highest BCUT2D eigenvalue weighted by molar-refractivity contribution is 9.10. The molecule has 9 nitrogen and oxygen atoms in total. The number of nitrogens with one attached hydrogen (secondary N) is 1. The summed E-state index contributed by atoms with van der Waals surface area (Å²) in [6, 6.07) is 8.82. The van der Waals surface area contributed by atoms with Crippen LogP contribution in [-0.2, 0) is 11.2 Å². The summed E-state index contributed by atoms with van der Waals surface area (Å²) in [5, 5.41) is 3.34. The standard InChI is InChI=1S/C29H38BrCl2N5O4/c1-18-16-37(28(39)41-29(3,4)5)19(2)15-35(18)9-6-10-36(27(38)33-22-13-25(31)34-26(32)14-22)23-12-20-11-21(30)7-8-24(20)40-17-23/h7-8,11,13-14,18-19,23H,6,9-10,12,15-17H2,1-5H3,(H,33,34,38)/t18?,19-,23?/m0/s1. The van der Waals surface area contributed by atoms with Gasteiger partial charge in [0.25, 0.3) is 0 Å². The molecule has 1 aromatic heterocycles. The first-order chi connectivity index (χ1) is 19.3. The van der Waals surface area contributed by atoms with Gasteiger partial charge in [-0.2, -0.15) is 0 Å². The molecule has 1 aromatic carbocycles. The highest BCUT2D eigenvalue weighted by atomic mass is 79.9. The molecule has 2 aliphatic rings. The maximum absolute atomic E-state index is 13.6. The number of hydrogen-bond acceptors (Lipinski definition) is 6. The average Bonchev–Trinajstić information content (AvgIpc) is 2.86. The lowest BCUT2D eigenvalue weighted by atomic mass is 10.0. The van der Waals surface area contributed by atoms with Gasteiger partial charge in [-0.1, -0.05) is 39.1 Å². The van der Waals surface area contributed by atoms with Crippen molar-refractivity contribution in [2.24, 2.45) is 0 Å².